The highest BCUT2D eigenvalue weighted by atomic mass is 79.9. The Kier molecular flexibility index (Phi) is 6.44. The van der Waals surface area contributed by atoms with Gasteiger partial charge in [0.25, 0.3) is 5.69 Å². The van der Waals surface area contributed by atoms with Gasteiger partial charge in [0.05, 0.1) is 16.3 Å². The maximum absolute atomic E-state index is 11.0. The number of nitro groups is 1. The topological polar surface area (TPSA) is 60.4 Å². The molecule has 2 aromatic carbocycles. The summed E-state index contributed by atoms with van der Waals surface area (Å²) in [4.78, 5) is 16.1. The molecular formula is C18H15BrN3O2S-. The van der Waals surface area contributed by atoms with Crippen LogP contribution in [0.15, 0.2) is 77.6 Å². The summed E-state index contributed by atoms with van der Waals surface area (Å²) in [6.07, 6.45) is 1.79. The Hall–Kier alpha value is -2.51. The maximum atomic E-state index is 11.0. The van der Waals surface area contributed by atoms with Crippen LogP contribution >= 0.6 is 11.3 Å². The summed E-state index contributed by atoms with van der Waals surface area (Å²) in [5.41, 5.74) is 2.61. The fraction of sp³-hybridized carbons (Fsp3) is 0.0556. The van der Waals surface area contributed by atoms with Gasteiger partial charge in [-0.2, -0.15) is 0 Å². The molecule has 0 aliphatic rings. The van der Waals surface area contributed by atoms with E-state index in [0.29, 0.717) is 6.54 Å². The molecule has 0 radical (unpaired) electrons. The second-order valence-corrected chi connectivity index (χ2v) is 5.89. The van der Waals surface area contributed by atoms with Gasteiger partial charge in [0, 0.05) is 29.6 Å². The van der Waals surface area contributed by atoms with Crippen LogP contribution in [0, 0.1) is 10.1 Å². The largest absolute Gasteiger partial charge is 1.00 e. The number of non-ortho nitro benzene ring substituents is 1. The normalized spacial score (nSPS) is 11.0. The lowest BCUT2D eigenvalue weighted by Gasteiger charge is -2.06. The zero-order valence-electron chi connectivity index (χ0n) is 13.2. The van der Waals surface area contributed by atoms with Crippen LogP contribution in [-0.4, -0.2) is 9.49 Å². The molecule has 0 saturated carbocycles. The number of hydrogen-bond acceptors (Lipinski definition) is 4. The molecule has 1 aromatic heterocycles. The van der Waals surface area contributed by atoms with Crippen LogP contribution in [0.25, 0.3) is 11.3 Å². The maximum Gasteiger partial charge on any atom is 0.270 e. The minimum Gasteiger partial charge on any atom is -1.00 e. The van der Waals surface area contributed by atoms with E-state index in [0.717, 1.165) is 21.7 Å². The quantitative estimate of drug-likeness (QED) is 0.359. The van der Waals surface area contributed by atoms with Crippen LogP contribution in [0.5, 0.6) is 0 Å². The van der Waals surface area contributed by atoms with Crippen LogP contribution in [0.2, 0.25) is 0 Å². The smallest absolute Gasteiger partial charge is 0.270 e. The van der Waals surface area contributed by atoms with Crippen molar-refractivity contribution in [3.05, 3.63) is 87.5 Å². The monoisotopic (exact) mass is 416 g/mol. The van der Waals surface area contributed by atoms with Crippen LogP contribution < -0.4 is 21.8 Å². The number of benzene rings is 2. The lowest BCUT2D eigenvalue weighted by molar-refractivity contribution is -0.384. The number of aromatic nitrogens is 1. The van der Waals surface area contributed by atoms with E-state index in [-0.39, 0.29) is 27.6 Å². The molecule has 128 valence electrons. The minimum atomic E-state index is -0.386. The van der Waals surface area contributed by atoms with Gasteiger partial charge in [0.2, 0.25) is 0 Å². The summed E-state index contributed by atoms with van der Waals surface area (Å²) in [5.74, 6) is 0. The van der Waals surface area contributed by atoms with Gasteiger partial charge in [0.15, 0.2) is 4.80 Å². The summed E-state index contributed by atoms with van der Waals surface area (Å²) in [6.45, 7) is 4.37. The predicted octanol–water partition coefficient (Wildman–Crippen LogP) is 1.55. The van der Waals surface area contributed by atoms with Crippen molar-refractivity contribution in [2.75, 3.05) is 0 Å². The number of para-hydroxylation sites is 1. The Bertz CT molecular complexity index is 948. The van der Waals surface area contributed by atoms with E-state index in [4.69, 9.17) is 0 Å². The molecule has 25 heavy (non-hydrogen) atoms. The molecule has 1 heterocycles. The Morgan fingerprint density at radius 2 is 1.96 bits per heavy atom. The van der Waals surface area contributed by atoms with Gasteiger partial charge >= 0.3 is 0 Å². The number of hydrogen-bond donors (Lipinski definition) is 0. The Labute approximate surface area is 159 Å². The number of nitro benzene ring substituents is 1. The summed E-state index contributed by atoms with van der Waals surface area (Å²) in [5, 5.41) is 13.0. The standard InChI is InChI=1S/C18H15N3O2S.BrH/c1-2-11-20-17(14-7-6-10-16(12-14)21(22)23)13-24-18(20)19-15-8-4-3-5-9-15;/h2-10,12-13H,1,11H2;1H/p-1. The van der Waals surface area contributed by atoms with Crippen molar-refractivity contribution < 1.29 is 21.9 Å². The van der Waals surface area contributed by atoms with E-state index in [9.17, 15) is 10.1 Å². The molecule has 0 amide bonds. The zero-order valence-corrected chi connectivity index (χ0v) is 15.6. The molecule has 5 nitrogen and oxygen atoms in total. The first kappa shape index (κ1) is 18.8. The summed E-state index contributed by atoms with van der Waals surface area (Å²) in [6, 6.07) is 16.3. The lowest BCUT2D eigenvalue weighted by atomic mass is 10.1. The molecule has 7 heteroatoms. The van der Waals surface area contributed by atoms with E-state index >= 15 is 0 Å². The molecule has 0 aliphatic carbocycles. The first-order valence-electron chi connectivity index (χ1n) is 7.33. The summed E-state index contributed by atoms with van der Waals surface area (Å²) < 4.78 is 2.00. The number of thiazole rings is 1. The Balaban J connectivity index is 0.00000225. The van der Waals surface area contributed by atoms with Gasteiger partial charge in [-0.25, -0.2) is 4.99 Å². The molecule has 0 spiro atoms. The lowest BCUT2D eigenvalue weighted by Crippen LogP contribution is -3.00. The average Bonchev–Trinajstić information content (AvgIpc) is 2.99. The molecule has 0 atom stereocenters. The van der Waals surface area contributed by atoms with Crippen LogP contribution in [0.1, 0.15) is 0 Å². The predicted molar refractivity (Wildman–Crippen MR) is 96.3 cm³/mol. The highest BCUT2D eigenvalue weighted by Crippen LogP contribution is 2.24. The number of allylic oxidation sites excluding steroid dienone is 1. The SMILES string of the molecule is C=CCn1c(-c2cccc([N+](=O)[O-])c2)csc1=Nc1ccccc1.[Br-]. The van der Waals surface area contributed by atoms with Crippen LogP contribution in [0.3, 0.4) is 0 Å². The zero-order chi connectivity index (χ0) is 16.9. The number of halogens is 1. The molecule has 0 unspecified atom stereocenters. The van der Waals surface area contributed by atoms with Crippen molar-refractivity contribution in [2.24, 2.45) is 4.99 Å². The average molecular weight is 417 g/mol. The third-order valence-electron chi connectivity index (χ3n) is 3.44. The minimum absolute atomic E-state index is 0. The Morgan fingerprint density at radius 3 is 2.64 bits per heavy atom. The van der Waals surface area contributed by atoms with Gasteiger partial charge < -0.3 is 21.5 Å². The van der Waals surface area contributed by atoms with Crippen molar-refractivity contribution >= 4 is 22.7 Å². The fourth-order valence-electron chi connectivity index (χ4n) is 2.35. The summed E-state index contributed by atoms with van der Waals surface area (Å²) in [7, 11) is 0. The molecule has 0 saturated heterocycles. The van der Waals surface area contributed by atoms with E-state index in [1.807, 2.05) is 46.3 Å². The Morgan fingerprint density at radius 1 is 1.20 bits per heavy atom. The third-order valence-corrected chi connectivity index (χ3v) is 4.31. The van der Waals surface area contributed by atoms with Gasteiger partial charge in [-0.1, -0.05) is 36.4 Å². The van der Waals surface area contributed by atoms with Gasteiger partial charge in [-0.3, -0.25) is 10.1 Å². The second-order valence-electron chi connectivity index (χ2n) is 5.06. The van der Waals surface area contributed by atoms with Crippen molar-refractivity contribution in [3.63, 3.8) is 0 Å². The summed E-state index contributed by atoms with van der Waals surface area (Å²) >= 11 is 1.50. The van der Waals surface area contributed by atoms with E-state index < -0.39 is 0 Å². The second kappa shape index (κ2) is 8.55. The van der Waals surface area contributed by atoms with Crippen molar-refractivity contribution in [3.8, 4) is 11.3 Å². The highest BCUT2D eigenvalue weighted by Gasteiger charge is 2.11. The van der Waals surface area contributed by atoms with Crippen molar-refractivity contribution in [1.82, 2.24) is 4.57 Å². The first-order chi connectivity index (χ1) is 11.7. The van der Waals surface area contributed by atoms with Crippen molar-refractivity contribution in [1.29, 1.82) is 0 Å². The fourth-order valence-corrected chi connectivity index (χ4v) is 3.29. The van der Waals surface area contributed by atoms with Gasteiger partial charge in [0.1, 0.15) is 0 Å². The molecule has 3 aromatic rings. The molecule has 3 rings (SSSR count). The third kappa shape index (κ3) is 4.32. The first-order valence-corrected chi connectivity index (χ1v) is 8.21. The number of rotatable bonds is 5. The van der Waals surface area contributed by atoms with E-state index in [1.54, 1.807) is 18.2 Å². The van der Waals surface area contributed by atoms with Gasteiger partial charge in [-0.05, 0) is 12.1 Å². The molecular weight excluding hydrogens is 402 g/mol. The van der Waals surface area contributed by atoms with Crippen molar-refractivity contribution in [2.45, 2.75) is 6.54 Å². The van der Waals surface area contributed by atoms with E-state index in [2.05, 4.69) is 11.6 Å². The molecule has 0 aliphatic heterocycles. The van der Waals surface area contributed by atoms with Gasteiger partial charge in [-0.15, -0.1) is 17.9 Å². The molecule has 0 bridgehead atoms. The molecule has 0 fully saturated rings. The van der Waals surface area contributed by atoms with Crippen LogP contribution in [-0.2, 0) is 6.54 Å². The van der Waals surface area contributed by atoms with E-state index in [1.165, 1.54) is 17.4 Å². The van der Waals surface area contributed by atoms with Crippen LogP contribution in [0.4, 0.5) is 11.4 Å². The highest BCUT2D eigenvalue weighted by molar-refractivity contribution is 7.07. The molecule has 0 N–H and O–H groups in total. The number of nitrogens with zero attached hydrogens (tertiary/aromatic N) is 3.